The van der Waals surface area contributed by atoms with E-state index in [1.807, 2.05) is 30.3 Å². The van der Waals surface area contributed by atoms with Gasteiger partial charge < -0.3 is 21.7 Å². The first-order valence-electron chi connectivity index (χ1n) is 9.04. The van der Waals surface area contributed by atoms with Crippen molar-refractivity contribution >= 4 is 11.9 Å². The van der Waals surface area contributed by atoms with E-state index in [9.17, 15) is 14.0 Å². The van der Waals surface area contributed by atoms with Crippen molar-refractivity contribution in [1.29, 1.82) is 0 Å². The molecule has 0 spiro atoms. The predicted molar refractivity (Wildman–Crippen MR) is 106 cm³/mol. The molecule has 0 aliphatic heterocycles. The Kier molecular flexibility index (Phi) is 9.84. The third-order valence-electron chi connectivity index (χ3n) is 4.23. The minimum Gasteiger partial charge on any atom is -0.481 e. The number of hydrogen-bond acceptors (Lipinski definition) is 4. The Bertz CT molecular complexity index is 768. The molecule has 0 amide bonds. The number of carboxylic acids is 2. The van der Waals surface area contributed by atoms with Crippen LogP contribution in [0.1, 0.15) is 37.7 Å². The van der Waals surface area contributed by atoms with Crippen LogP contribution in [-0.4, -0.2) is 34.7 Å². The summed E-state index contributed by atoms with van der Waals surface area (Å²) in [5.74, 6) is -2.99. The molecule has 2 aromatic carbocycles. The summed E-state index contributed by atoms with van der Waals surface area (Å²) in [6, 6.07) is 13.0. The summed E-state index contributed by atoms with van der Waals surface area (Å²) in [7, 11) is 0. The van der Waals surface area contributed by atoms with Crippen LogP contribution in [0.5, 0.6) is 0 Å². The molecule has 28 heavy (non-hydrogen) atoms. The Hall–Kier alpha value is -2.77. The molecule has 0 aliphatic rings. The first-order chi connectivity index (χ1) is 13.3. The van der Waals surface area contributed by atoms with Crippen molar-refractivity contribution in [2.24, 2.45) is 11.5 Å². The predicted octanol–water partition coefficient (Wildman–Crippen LogP) is 3.21. The Balaban J connectivity index is 0.000000336. The zero-order valence-corrected chi connectivity index (χ0v) is 15.8. The van der Waals surface area contributed by atoms with Gasteiger partial charge in [0.15, 0.2) is 0 Å². The standard InChI is InChI=1S/C15H13FO2.C6H14N2O2/c1-10(15(17)18)12-7-8-13(14(16)9-12)11-5-3-2-4-6-11;7-4-2-1-3-5(8)6(9)10/h2-10H,1H3,(H,17,18);5H,1-4,7-8H2,(H,9,10). The Morgan fingerprint density at radius 1 is 1.04 bits per heavy atom. The van der Waals surface area contributed by atoms with Crippen molar-refractivity contribution in [3.05, 3.63) is 59.9 Å². The molecule has 0 bridgehead atoms. The number of carboxylic acid groups (broad SMARTS) is 2. The maximum absolute atomic E-state index is 14.0. The van der Waals surface area contributed by atoms with Crippen LogP contribution in [0.4, 0.5) is 4.39 Å². The minimum absolute atomic E-state index is 0.396. The van der Waals surface area contributed by atoms with Gasteiger partial charge in [-0.2, -0.15) is 0 Å². The van der Waals surface area contributed by atoms with Gasteiger partial charge in [-0.15, -0.1) is 0 Å². The summed E-state index contributed by atoms with van der Waals surface area (Å²) in [6.07, 6.45) is 2.16. The van der Waals surface area contributed by atoms with Gasteiger partial charge in [0.1, 0.15) is 11.9 Å². The van der Waals surface area contributed by atoms with Crippen molar-refractivity contribution in [3.8, 4) is 11.1 Å². The van der Waals surface area contributed by atoms with Crippen molar-refractivity contribution < 1.29 is 24.2 Å². The van der Waals surface area contributed by atoms with Crippen LogP contribution in [-0.2, 0) is 9.59 Å². The van der Waals surface area contributed by atoms with E-state index >= 15 is 0 Å². The van der Waals surface area contributed by atoms with Gasteiger partial charge in [-0.3, -0.25) is 9.59 Å². The van der Waals surface area contributed by atoms with Gasteiger partial charge in [-0.25, -0.2) is 4.39 Å². The molecule has 0 saturated carbocycles. The van der Waals surface area contributed by atoms with Crippen LogP contribution in [0.2, 0.25) is 0 Å². The van der Waals surface area contributed by atoms with Gasteiger partial charge >= 0.3 is 11.9 Å². The summed E-state index contributed by atoms with van der Waals surface area (Å²) in [4.78, 5) is 21.0. The van der Waals surface area contributed by atoms with Crippen molar-refractivity contribution in [1.82, 2.24) is 0 Å². The van der Waals surface area contributed by atoms with Crippen LogP contribution >= 0.6 is 0 Å². The van der Waals surface area contributed by atoms with Gasteiger partial charge in [0.25, 0.3) is 0 Å². The molecule has 2 rings (SSSR count). The molecule has 2 aromatic rings. The van der Waals surface area contributed by atoms with Crippen molar-refractivity contribution in [2.75, 3.05) is 6.54 Å². The van der Waals surface area contributed by atoms with Gasteiger partial charge in [0.2, 0.25) is 0 Å². The van der Waals surface area contributed by atoms with E-state index in [-0.39, 0.29) is 0 Å². The largest absolute Gasteiger partial charge is 0.481 e. The average Bonchev–Trinajstić information content (AvgIpc) is 2.68. The molecule has 0 aromatic heterocycles. The fourth-order valence-corrected chi connectivity index (χ4v) is 2.43. The summed E-state index contributed by atoms with van der Waals surface area (Å²) >= 11 is 0. The maximum atomic E-state index is 14.0. The van der Waals surface area contributed by atoms with Gasteiger partial charge in [-0.05, 0) is 43.5 Å². The summed E-state index contributed by atoms with van der Waals surface area (Å²) in [5, 5.41) is 17.2. The van der Waals surface area contributed by atoms with E-state index in [1.54, 1.807) is 19.1 Å². The highest BCUT2D eigenvalue weighted by molar-refractivity contribution is 5.76. The van der Waals surface area contributed by atoms with E-state index < -0.39 is 29.7 Å². The van der Waals surface area contributed by atoms with Crippen LogP contribution in [0.25, 0.3) is 11.1 Å². The summed E-state index contributed by atoms with van der Waals surface area (Å²) in [5.41, 5.74) is 12.2. The van der Waals surface area contributed by atoms with E-state index in [4.69, 9.17) is 21.7 Å². The lowest BCUT2D eigenvalue weighted by atomic mass is 9.97. The lowest BCUT2D eigenvalue weighted by Crippen LogP contribution is -2.29. The third-order valence-corrected chi connectivity index (χ3v) is 4.23. The first-order valence-corrected chi connectivity index (χ1v) is 9.04. The molecular formula is C21H27FN2O4. The second kappa shape index (κ2) is 11.8. The molecule has 7 heteroatoms. The van der Waals surface area contributed by atoms with Crippen molar-refractivity contribution in [3.63, 3.8) is 0 Å². The second-order valence-electron chi connectivity index (χ2n) is 6.39. The quantitative estimate of drug-likeness (QED) is 0.513. The highest BCUT2D eigenvalue weighted by Gasteiger charge is 2.15. The zero-order chi connectivity index (χ0) is 21.1. The van der Waals surface area contributed by atoms with E-state index in [0.29, 0.717) is 24.1 Å². The number of aliphatic carboxylic acids is 2. The number of benzene rings is 2. The third kappa shape index (κ3) is 7.46. The fourth-order valence-electron chi connectivity index (χ4n) is 2.43. The average molecular weight is 390 g/mol. The molecule has 0 heterocycles. The number of unbranched alkanes of at least 4 members (excludes halogenated alkanes) is 1. The summed E-state index contributed by atoms with van der Waals surface area (Å²) in [6.45, 7) is 2.14. The van der Waals surface area contributed by atoms with Crippen LogP contribution in [0.3, 0.4) is 0 Å². The lowest BCUT2D eigenvalue weighted by Gasteiger charge is -2.09. The second-order valence-corrected chi connectivity index (χ2v) is 6.39. The summed E-state index contributed by atoms with van der Waals surface area (Å²) < 4.78 is 14.0. The van der Waals surface area contributed by atoms with Gasteiger partial charge in [0.05, 0.1) is 5.92 Å². The highest BCUT2D eigenvalue weighted by atomic mass is 19.1. The molecule has 152 valence electrons. The molecule has 2 unspecified atom stereocenters. The smallest absolute Gasteiger partial charge is 0.320 e. The molecule has 6 nitrogen and oxygen atoms in total. The number of nitrogens with two attached hydrogens (primary N) is 2. The van der Waals surface area contributed by atoms with E-state index in [1.165, 1.54) is 6.07 Å². The maximum Gasteiger partial charge on any atom is 0.320 e. The molecule has 6 N–H and O–H groups in total. The topological polar surface area (TPSA) is 127 Å². The van der Waals surface area contributed by atoms with Crippen LogP contribution in [0.15, 0.2) is 48.5 Å². The highest BCUT2D eigenvalue weighted by Crippen LogP contribution is 2.26. The van der Waals surface area contributed by atoms with Crippen LogP contribution in [0, 0.1) is 5.82 Å². The molecular weight excluding hydrogens is 363 g/mol. The Morgan fingerprint density at radius 3 is 2.18 bits per heavy atom. The van der Waals surface area contributed by atoms with Gasteiger partial charge in [0, 0.05) is 5.56 Å². The minimum atomic E-state index is -0.957. The molecule has 0 fully saturated rings. The molecule has 0 aliphatic carbocycles. The first kappa shape index (κ1) is 23.3. The number of hydrogen-bond donors (Lipinski definition) is 4. The van der Waals surface area contributed by atoms with Crippen LogP contribution < -0.4 is 11.5 Å². The number of rotatable bonds is 8. The number of carbonyl (C=O) groups is 2. The molecule has 0 saturated heterocycles. The lowest BCUT2D eigenvalue weighted by molar-refractivity contribution is -0.139. The monoisotopic (exact) mass is 390 g/mol. The number of halogens is 1. The molecule has 0 radical (unpaired) electrons. The normalized spacial score (nSPS) is 12.4. The van der Waals surface area contributed by atoms with E-state index in [2.05, 4.69) is 0 Å². The molecule has 2 atom stereocenters. The van der Waals surface area contributed by atoms with Gasteiger partial charge in [-0.1, -0.05) is 48.9 Å². The Labute approximate surface area is 164 Å². The fraction of sp³-hybridized carbons (Fsp3) is 0.333. The zero-order valence-electron chi connectivity index (χ0n) is 15.8. The Morgan fingerprint density at radius 2 is 1.68 bits per heavy atom. The van der Waals surface area contributed by atoms with E-state index in [0.717, 1.165) is 18.4 Å². The van der Waals surface area contributed by atoms with Crippen molar-refractivity contribution in [2.45, 2.75) is 38.1 Å². The SMILES string of the molecule is CC(C(=O)O)c1ccc(-c2ccccc2)c(F)c1.NCCCCC(N)C(=O)O.